The SMILES string of the molecule is C=CCN(C)CCC1CC[N+]([O-])(CC)c2c(CS(=O)c3nc4cc(OC)c(F)cc4[nH]3)cccc21. The maximum Gasteiger partial charge on any atom is 0.197 e. The van der Waals surface area contributed by atoms with E-state index in [2.05, 4.69) is 34.6 Å². The van der Waals surface area contributed by atoms with Crippen molar-refractivity contribution in [2.24, 2.45) is 0 Å². The van der Waals surface area contributed by atoms with E-state index >= 15 is 0 Å². The summed E-state index contributed by atoms with van der Waals surface area (Å²) < 4.78 is 32.0. The first kappa shape index (κ1) is 25.5. The van der Waals surface area contributed by atoms with Crippen molar-refractivity contribution in [3.8, 4) is 5.75 Å². The lowest BCUT2D eigenvalue weighted by molar-refractivity contribution is 0.302. The van der Waals surface area contributed by atoms with Crippen LogP contribution in [0.4, 0.5) is 10.1 Å². The summed E-state index contributed by atoms with van der Waals surface area (Å²) in [4.78, 5) is 9.60. The quantitative estimate of drug-likeness (QED) is 0.245. The number of H-pyrrole nitrogens is 1. The fourth-order valence-electron chi connectivity index (χ4n) is 4.95. The number of hydrogen-bond acceptors (Lipinski definition) is 5. The molecule has 0 saturated heterocycles. The molecule has 3 unspecified atom stereocenters. The highest BCUT2D eigenvalue weighted by Crippen LogP contribution is 2.43. The molecule has 4 rings (SSSR count). The van der Waals surface area contributed by atoms with E-state index in [9.17, 15) is 13.8 Å². The fourth-order valence-corrected chi connectivity index (χ4v) is 6.03. The van der Waals surface area contributed by atoms with Gasteiger partial charge in [-0.3, -0.25) is 4.21 Å². The van der Waals surface area contributed by atoms with Crippen LogP contribution < -0.4 is 9.38 Å². The van der Waals surface area contributed by atoms with Gasteiger partial charge >= 0.3 is 0 Å². The van der Waals surface area contributed by atoms with Gasteiger partial charge in [-0.25, -0.2) is 9.37 Å². The van der Waals surface area contributed by atoms with Crippen molar-refractivity contribution in [2.45, 2.75) is 36.6 Å². The lowest BCUT2D eigenvalue weighted by Gasteiger charge is -2.48. The van der Waals surface area contributed by atoms with Crippen molar-refractivity contribution in [3.05, 3.63) is 65.1 Å². The lowest BCUT2D eigenvalue weighted by Crippen LogP contribution is -2.48. The predicted molar refractivity (Wildman–Crippen MR) is 139 cm³/mol. The maximum atomic E-state index is 14.1. The standard InChI is InChI=1S/C26H33FN4O3S/c1-5-12-30(3)13-10-18-11-14-31(32,6-2)25-19(8-7-9-20(18)25)17-35(33)26-28-22-15-21(27)24(34-4)16-23(22)29-26/h5,7-9,15-16,18H,1,6,10-14,17H2,2-4H3,(H,28,29). The second-order valence-corrected chi connectivity index (χ2v) is 10.5. The number of hydrogen-bond donors (Lipinski definition) is 1. The highest BCUT2D eigenvalue weighted by atomic mass is 32.2. The number of rotatable bonds is 10. The Bertz CT molecular complexity index is 1250. The monoisotopic (exact) mass is 500 g/mol. The van der Waals surface area contributed by atoms with Gasteiger partial charge in [0.1, 0.15) is 5.69 Å². The second kappa shape index (κ2) is 10.6. The fraction of sp³-hybridized carbons (Fsp3) is 0.423. The van der Waals surface area contributed by atoms with Crippen LogP contribution in [0, 0.1) is 11.0 Å². The molecule has 0 fully saturated rings. The molecular weight excluding hydrogens is 467 g/mol. The molecule has 0 saturated carbocycles. The molecule has 0 bridgehead atoms. The molecular formula is C26H33FN4O3S. The number of likely N-dealkylation sites (N-methyl/N-ethyl adjacent to an activating group) is 1. The van der Waals surface area contributed by atoms with Gasteiger partial charge in [-0.15, -0.1) is 6.58 Å². The van der Waals surface area contributed by atoms with Crippen molar-refractivity contribution in [1.29, 1.82) is 0 Å². The zero-order chi connectivity index (χ0) is 25.2. The van der Waals surface area contributed by atoms with Gasteiger partial charge in [-0.1, -0.05) is 24.3 Å². The van der Waals surface area contributed by atoms with E-state index in [4.69, 9.17) is 4.74 Å². The highest BCUT2D eigenvalue weighted by Gasteiger charge is 2.35. The molecule has 7 nitrogen and oxygen atoms in total. The van der Waals surface area contributed by atoms with Crippen LogP contribution in [0.25, 0.3) is 11.0 Å². The van der Waals surface area contributed by atoms with Crippen LogP contribution in [0.3, 0.4) is 0 Å². The molecule has 1 aliphatic heterocycles. The van der Waals surface area contributed by atoms with E-state index in [0.29, 0.717) is 24.1 Å². The molecule has 9 heteroatoms. The van der Waals surface area contributed by atoms with Gasteiger partial charge in [0, 0.05) is 36.2 Å². The number of aromatic amines is 1. The smallest absolute Gasteiger partial charge is 0.197 e. The number of nitrogens with zero attached hydrogens (tertiary/aromatic N) is 3. The van der Waals surface area contributed by atoms with Gasteiger partial charge in [0.05, 0.1) is 47.8 Å². The first-order chi connectivity index (χ1) is 16.8. The summed E-state index contributed by atoms with van der Waals surface area (Å²) in [6.07, 6.45) is 3.67. The molecule has 2 heterocycles. The van der Waals surface area contributed by atoms with Crippen molar-refractivity contribution in [1.82, 2.24) is 19.5 Å². The summed E-state index contributed by atoms with van der Waals surface area (Å²) in [7, 11) is 1.92. The number of fused-ring (bicyclic) bond motifs is 2. The Hall–Kier alpha value is -2.59. The number of para-hydroxylation sites is 1. The van der Waals surface area contributed by atoms with Gasteiger partial charge in [0.25, 0.3) is 0 Å². The Labute approximate surface area is 208 Å². The minimum Gasteiger partial charge on any atom is -0.627 e. The van der Waals surface area contributed by atoms with Crippen molar-refractivity contribution in [2.75, 3.05) is 40.3 Å². The minimum absolute atomic E-state index is 0.0830. The molecule has 0 spiro atoms. The number of halogens is 1. The van der Waals surface area contributed by atoms with Crippen molar-refractivity contribution >= 4 is 27.5 Å². The first-order valence-corrected chi connectivity index (χ1v) is 13.2. The zero-order valence-electron chi connectivity index (χ0n) is 20.6. The second-order valence-electron chi connectivity index (χ2n) is 9.15. The molecule has 188 valence electrons. The Morgan fingerprint density at radius 2 is 2.23 bits per heavy atom. The van der Waals surface area contributed by atoms with E-state index in [1.807, 2.05) is 25.1 Å². The van der Waals surface area contributed by atoms with Gasteiger partial charge in [-0.2, -0.15) is 0 Å². The molecule has 0 aliphatic carbocycles. The van der Waals surface area contributed by atoms with E-state index in [-0.39, 0.29) is 22.6 Å². The number of ether oxygens (including phenoxy) is 1. The largest absolute Gasteiger partial charge is 0.627 e. The molecule has 3 aromatic rings. The van der Waals surface area contributed by atoms with Gasteiger partial charge in [0.15, 0.2) is 16.7 Å². The predicted octanol–water partition coefficient (Wildman–Crippen LogP) is 4.84. The third kappa shape index (κ3) is 5.18. The normalized spacial score (nSPS) is 20.7. The summed E-state index contributed by atoms with van der Waals surface area (Å²) in [5, 5.41) is 14.1. The number of hydroxylamine groups is 2. The van der Waals surface area contributed by atoms with Crippen LogP contribution >= 0.6 is 0 Å². The van der Waals surface area contributed by atoms with Crippen LogP contribution in [0.5, 0.6) is 5.75 Å². The Morgan fingerprint density at radius 1 is 1.43 bits per heavy atom. The summed E-state index contributed by atoms with van der Waals surface area (Å²) >= 11 is 0. The number of aromatic nitrogens is 2. The highest BCUT2D eigenvalue weighted by molar-refractivity contribution is 7.84. The molecule has 0 radical (unpaired) electrons. The molecule has 1 aliphatic rings. The molecule has 3 atom stereocenters. The van der Waals surface area contributed by atoms with Crippen LogP contribution in [-0.2, 0) is 16.6 Å². The molecule has 0 amide bonds. The van der Waals surface area contributed by atoms with Crippen LogP contribution in [-0.4, -0.2) is 59.4 Å². The number of nitrogens with one attached hydrogen (secondary N) is 1. The number of quaternary nitrogens is 1. The number of methoxy groups -OCH3 is 1. The molecule has 35 heavy (non-hydrogen) atoms. The lowest BCUT2D eigenvalue weighted by atomic mass is 9.85. The Kier molecular flexibility index (Phi) is 7.70. The Morgan fingerprint density at radius 3 is 2.94 bits per heavy atom. The average molecular weight is 501 g/mol. The summed E-state index contributed by atoms with van der Waals surface area (Å²) in [5.74, 6) is 0.00597. The summed E-state index contributed by atoms with van der Waals surface area (Å²) in [5.41, 5.74) is 3.52. The van der Waals surface area contributed by atoms with E-state index < -0.39 is 21.3 Å². The van der Waals surface area contributed by atoms with E-state index in [1.165, 1.54) is 19.2 Å². The van der Waals surface area contributed by atoms with Gasteiger partial charge in [0.2, 0.25) is 0 Å². The van der Waals surface area contributed by atoms with Crippen molar-refractivity contribution in [3.63, 3.8) is 0 Å². The topological polar surface area (TPSA) is 81.3 Å². The Balaban J connectivity index is 1.64. The van der Waals surface area contributed by atoms with E-state index in [1.54, 1.807) is 0 Å². The maximum absolute atomic E-state index is 14.1. The molecule has 2 aromatic carbocycles. The molecule has 1 aromatic heterocycles. The summed E-state index contributed by atoms with van der Waals surface area (Å²) in [6, 6.07) is 8.68. The average Bonchev–Trinajstić information content (AvgIpc) is 3.26. The minimum atomic E-state index is -1.54. The third-order valence-electron chi connectivity index (χ3n) is 6.88. The van der Waals surface area contributed by atoms with Crippen LogP contribution in [0.1, 0.15) is 36.8 Å². The number of imidazole rings is 1. The van der Waals surface area contributed by atoms with E-state index in [0.717, 1.165) is 42.7 Å². The number of benzene rings is 2. The molecule has 1 N–H and O–H groups in total. The third-order valence-corrected chi connectivity index (χ3v) is 8.08. The van der Waals surface area contributed by atoms with Crippen LogP contribution in [0.2, 0.25) is 0 Å². The summed E-state index contributed by atoms with van der Waals surface area (Å²) in [6.45, 7) is 8.37. The van der Waals surface area contributed by atoms with Crippen molar-refractivity contribution < 1.29 is 13.3 Å². The van der Waals surface area contributed by atoms with Gasteiger partial charge in [-0.05, 0) is 32.9 Å². The first-order valence-electron chi connectivity index (χ1n) is 11.9. The zero-order valence-corrected chi connectivity index (χ0v) is 21.4. The van der Waals surface area contributed by atoms with Gasteiger partial charge < -0.3 is 24.5 Å². The van der Waals surface area contributed by atoms with Crippen LogP contribution in [0.15, 0.2) is 48.1 Å².